The van der Waals surface area contributed by atoms with Crippen LogP contribution in [0.2, 0.25) is 6.32 Å². The molecule has 0 atom stereocenters. The molecule has 1 aliphatic rings. The second-order valence-corrected chi connectivity index (χ2v) is 5.93. The van der Waals surface area contributed by atoms with Gasteiger partial charge in [-0.3, -0.25) is 0 Å². The summed E-state index contributed by atoms with van der Waals surface area (Å²) in [6.07, 6.45) is 16.6. The lowest BCUT2D eigenvalue weighted by molar-refractivity contribution is 0.436. The summed E-state index contributed by atoms with van der Waals surface area (Å²) in [5.74, 6) is 0.758. The first-order chi connectivity index (χ1) is 8.34. The average Bonchev–Trinajstić information content (AvgIpc) is 2.30. The lowest BCUT2D eigenvalue weighted by atomic mass is 9.81. The fourth-order valence-corrected chi connectivity index (χ4v) is 3.14. The van der Waals surface area contributed by atoms with Gasteiger partial charge < -0.3 is 0 Å². The summed E-state index contributed by atoms with van der Waals surface area (Å²) in [5.41, 5.74) is 1.41. The largest absolute Gasteiger partial charge is 0.237 e. The first-order valence-electron chi connectivity index (χ1n) is 7.58. The molecule has 0 aromatic rings. The highest BCUT2D eigenvalue weighted by atomic mass is 35.5. The predicted molar refractivity (Wildman–Crippen MR) is 81.2 cm³/mol. The van der Waals surface area contributed by atoms with Crippen LogP contribution >= 0.6 is 11.5 Å². The van der Waals surface area contributed by atoms with Gasteiger partial charge >= 0.3 is 0 Å². The van der Waals surface area contributed by atoms with Crippen LogP contribution in [0, 0.1) is 5.92 Å². The van der Waals surface area contributed by atoms with E-state index in [4.69, 9.17) is 11.5 Å². The molecule has 1 aliphatic carbocycles. The van der Waals surface area contributed by atoms with Crippen LogP contribution in [0.25, 0.3) is 0 Å². The van der Waals surface area contributed by atoms with E-state index in [-0.39, 0.29) is 0 Å². The maximum absolute atomic E-state index is 5.83. The Balaban J connectivity index is 2.34. The second kappa shape index (κ2) is 10.1. The van der Waals surface area contributed by atoms with Crippen LogP contribution in [0.1, 0.15) is 70.6 Å². The monoisotopic (exact) mass is 254 g/mol. The Labute approximate surface area is 113 Å². The summed E-state index contributed by atoms with van der Waals surface area (Å²) in [7, 11) is 0. The molecular formula is C15H28BCl. The molecule has 17 heavy (non-hydrogen) atoms. The first kappa shape index (κ1) is 15.2. The molecule has 0 saturated heterocycles. The summed E-state index contributed by atoms with van der Waals surface area (Å²) in [4.78, 5) is 0. The van der Waals surface area contributed by atoms with Crippen LogP contribution in [0.3, 0.4) is 0 Å². The highest BCUT2D eigenvalue weighted by Gasteiger charge is 2.12. The molecule has 0 nitrogen and oxygen atoms in total. The number of hydrogen-bond donors (Lipinski definition) is 0. The normalized spacial score (nSPS) is 21.2. The molecule has 0 unspecified atom stereocenters. The van der Waals surface area contributed by atoms with E-state index in [0.29, 0.717) is 0 Å². The van der Waals surface area contributed by atoms with Crippen molar-refractivity contribution in [1.82, 2.24) is 0 Å². The van der Waals surface area contributed by atoms with Crippen molar-refractivity contribution < 1.29 is 0 Å². The van der Waals surface area contributed by atoms with Crippen molar-refractivity contribution in [2.24, 2.45) is 5.92 Å². The molecular weight excluding hydrogens is 226 g/mol. The van der Waals surface area contributed by atoms with Gasteiger partial charge in [0.05, 0.1) is 0 Å². The van der Waals surface area contributed by atoms with Gasteiger partial charge in [-0.25, -0.2) is 11.5 Å². The number of hydrogen-bond acceptors (Lipinski definition) is 0. The molecule has 0 heterocycles. The van der Waals surface area contributed by atoms with Gasteiger partial charge in [-0.1, -0.05) is 63.4 Å². The van der Waals surface area contributed by atoms with Gasteiger partial charge in [0, 0.05) is 0 Å². The first-order valence-corrected chi connectivity index (χ1v) is 8.11. The Morgan fingerprint density at radius 1 is 0.882 bits per heavy atom. The van der Waals surface area contributed by atoms with Gasteiger partial charge in [0.15, 0.2) is 0 Å². The van der Waals surface area contributed by atoms with E-state index in [1.54, 1.807) is 0 Å². The molecule has 0 radical (unpaired) electrons. The van der Waals surface area contributed by atoms with Gasteiger partial charge in [0.2, 0.25) is 6.69 Å². The minimum atomic E-state index is 0.745. The van der Waals surface area contributed by atoms with Gasteiger partial charge in [-0.05, 0) is 25.1 Å². The average molecular weight is 255 g/mol. The summed E-state index contributed by atoms with van der Waals surface area (Å²) in [6, 6.07) is 0. The van der Waals surface area contributed by atoms with E-state index in [2.05, 4.69) is 6.58 Å². The number of allylic oxidation sites excluding steroid dienone is 1. The molecule has 1 fully saturated rings. The van der Waals surface area contributed by atoms with Crippen molar-refractivity contribution in [3.8, 4) is 0 Å². The standard InChI is InChI=1S/C15H28BCl/c1-14(13-16-17)15-11-9-7-5-3-2-4-6-8-10-12-15/h15-16H,1-13H2. The molecule has 0 N–H and O–H groups in total. The SMILES string of the molecule is C=C(CBCl)C1CCCCCCCCCCC1. The minimum Gasteiger partial charge on any atom is -0.201 e. The Morgan fingerprint density at radius 2 is 1.29 bits per heavy atom. The second-order valence-electron chi connectivity index (χ2n) is 5.55. The zero-order chi connectivity index (χ0) is 12.3. The minimum absolute atomic E-state index is 0.745. The van der Waals surface area contributed by atoms with Gasteiger partial charge in [0.25, 0.3) is 0 Å². The molecule has 0 aromatic carbocycles. The van der Waals surface area contributed by atoms with Gasteiger partial charge in [-0.15, -0.1) is 6.58 Å². The van der Waals surface area contributed by atoms with E-state index in [1.807, 2.05) is 0 Å². The third-order valence-corrected chi connectivity index (χ3v) is 4.29. The third-order valence-electron chi connectivity index (χ3n) is 4.10. The predicted octanol–water partition coefficient (Wildman–Crippen LogP) is 5.47. The van der Waals surface area contributed by atoms with Gasteiger partial charge in [0.1, 0.15) is 0 Å². The Bertz CT molecular complexity index is 191. The maximum Gasteiger partial charge on any atom is 0.237 e. The summed E-state index contributed by atoms with van der Waals surface area (Å²) < 4.78 is 0. The lowest BCUT2D eigenvalue weighted by Gasteiger charge is -2.19. The molecule has 2 heteroatoms. The van der Waals surface area contributed by atoms with Crippen LogP contribution < -0.4 is 0 Å². The summed E-state index contributed by atoms with van der Waals surface area (Å²) in [6.45, 7) is 5.00. The Morgan fingerprint density at radius 3 is 1.71 bits per heavy atom. The van der Waals surface area contributed by atoms with E-state index < -0.39 is 0 Å². The van der Waals surface area contributed by atoms with E-state index in [0.717, 1.165) is 18.9 Å². The van der Waals surface area contributed by atoms with Crippen LogP contribution in [-0.4, -0.2) is 6.69 Å². The van der Waals surface area contributed by atoms with Crippen LogP contribution in [-0.2, 0) is 0 Å². The summed E-state index contributed by atoms with van der Waals surface area (Å²) >= 11 is 5.83. The fraction of sp³-hybridized carbons (Fsp3) is 0.867. The van der Waals surface area contributed by atoms with E-state index in [9.17, 15) is 0 Å². The van der Waals surface area contributed by atoms with Crippen molar-refractivity contribution >= 4 is 18.2 Å². The van der Waals surface area contributed by atoms with Crippen molar-refractivity contribution in [2.75, 3.05) is 0 Å². The van der Waals surface area contributed by atoms with Crippen LogP contribution in [0.15, 0.2) is 12.2 Å². The molecule has 0 aliphatic heterocycles. The molecule has 1 saturated carbocycles. The van der Waals surface area contributed by atoms with E-state index >= 15 is 0 Å². The third kappa shape index (κ3) is 7.19. The topological polar surface area (TPSA) is 0 Å². The molecule has 1 rings (SSSR count). The van der Waals surface area contributed by atoms with E-state index in [1.165, 1.54) is 76.2 Å². The molecule has 0 amide bonds. The highest BCUT2D eigenvalue weighted by molar-refractivity contribution is 6.93. The molecule has 98 valence electrons. The molecule has 0 aromatic heterocycles. The lowest BCUT2D eigenvalue weighted by Crippen LogP contribution is -2.05. The summed E-state index contributed by atoms with van der Waals surface area (Å²) in [5, 5.41) is 0. The maximum atomic E-state index is 5.83. The molecule has 0 spiro atoms. The number of rotatable bonds is 3. The number of halogens is 1. The van der Waals surface area contributed by atoms with Crippen molar-refractivity contribution in [2.45, 2.75) is 76.9 Å². The quantitative estimate of drug-likeness (QED) is 0.463. The zero-order valence-electron chi connectivity index (χ0n) is 11.4. The fourth-order valence-electron chi connectivity index (χ4n) is 2.90. The van der Waals surface area contributed by atoms with Crippen LogP contribution in [0.4, 0.5) is 0 Å². The van der Waals surface area contributed by atoms with Crippen molar-refractivity contribution in [3.63, 3.8) is 0 Å². The van der Waals surface area contributed by atoms with Crippen molar-refractivity contribution in [1.29, 1.82) is 0 Å². The Hall–Kier alpha value is 0.0949. The molecule has 0 bridgehead atoms. The van der Waals surface area contributed by atoms with Gasteiger partial charge in [-0.2, -0.15) is 0 Å². The van der Waals surface area contributed by atoms with Crippen molar-refractivity contribution in [3.05, 3.63) is 12.2 Å². The highest BCUT2D eigenvalue weighted by Crippen LogP contribution is 2.27. The van der Waals surface area contributed by atoms with Crippen LogP contribution in [0.5, 0.6) is 0 Å². The smallest absolute Gasteiger partial charge is 0.201 e. The Kier molecular flexibility index (Phi) is 8.97. The zero-order valence-corrected chi connectivity index (χ0v) is 12.1.